The summed E-state index contributed by atoms with van der Waals surface area (Å²) < 4.78 is 7.16. The van der Waals surface area contributed by atoms with Crippen molar-refractivity contribution in [3.05, 3.63) is 17.5 Å². The highest BCUT2D eigenvalue weighted by Gasteiger charge is 2.43. The molecule has 1 aromatic heterocycles. The van der Waals surface area contributed by atoms with Crippen LogP contribution in [0.15, 0.2) is 6.07 Å². The second-order valence-corrected chi connectivity index (χ2v) is 4.76. The van der Waals surface area contributed by atoms with Crippen LogP contribution in [-0.2, 0) is 17.7 Å². The third-order valence-electron chi connectivity index (χ3n) is 3.34. The third-order valence-corrected chi connectivity index (χ3v) is 3.34. The van der Waals surface area contributed by atoms with Gasteiger partial charge in [-0.1, -0.05) is 0 Å². The smallest absolute Gasteiger partial charge is 0.0752 e. The molecule has 2 rings (SSSR count). The van der Waals surface area contributed by atoms with Gasteiger partial charge in [0.05, 0.1) is 17.4 Å². The Morgan fingerprint density at radius 1 is 1.62 bits per heavy atom. The highest BCUT2D eigenvalue weighted by Crippen LogP contribution is 2.36. The van der Waals surface area contributed by atoms with Crippen LogP contribution in [0.4, 0.5) is 0 Å². The van der Waals surface area contributed by atoms with Gasteiger partial charge < -0.3 is 9.84 Å². The van der Waals surface area contributed by atoms with Crippen molar-refractivity contribution in [2.45, 2.75) is 51.4 Å². The summed E-state index contributed by atoms with van der Waals surface area (Å²) in [6, 6.07) is 2.06. The second-order valence-electron chi connectivity index (χ2n) is 4.76. The first kappa shape index (κ1) is 11.6. The van der Waals surface area contributed by atoms with Crippen molar-refractivity contribution in [2.24, 2.45) is 0 Å². The minimum absolute atomic E-state index is 0.226. The first-order valence-electron chi connectivity index (χ1n) is 5.85. The van der Waals surface area contributed by atoms with Crippen LogP contribution in [0.1, 0.15) is 31.2 Å². The Bertz CT molecular complexity index is 367. The molecule has 0 radical (unpaired) electrons. The summed E-state index contributed by atoms with van der Waals surface area (Å²) in [5.74, 6) is 0. The van der Waals surface area contributed by atoms with Crippen LogP contribution in [0, 0.1) is 6.92 Å². The van der Waals surface area contributed by atoms with Crippen LogP contribution in [0.3, 0.4) is 0 Å². The summed E-state index contributed by atoms with van der Waals surface area (Å²) >= 11 is 0. The molecule has 1 saturated carbocycles. The number of aliphatic hydroxyl groups is 1. The van der Waals surface area contributed by atoms with Crippen LogP contribution in [-0.4, -0.2) is 33.7 Å². The number of hydrogen-bond acceptors (Lipinski definition) is 3. The van der Waals surface area contributed by atoms with Gasteiger partial charge in [-0.2, -0.15) is 5.10 Å². The number of aryl methyl sites for hydroxylation is 2. The Morgan fingerprint density at radius 3 is 2.88 bits per heavy atom. The van der Waals surface area contributed by atoms with Gasteiger partial charge in [0.1, 0.15) is 0 Å². The fraction of sp³-hybridized carbons (Fsp3) is 0.750. The van der Waals surface area contributed by atoms with Gasteiger partial charge in [0.15, 0.2) is 0 Å². The summed E-state index contributed by atoms with van der Waals surface area (Å²) in [5.41, 5.74) is 1.56. The maximum atomic E-state index is 10.3. The number of nitrogens with zero attached hydrogens (tertiary/aromatic N) is 2. The Hall–Kier alpha value is -0.870. The van der Waals surface area contributed by atoms with Crippen LogP contribution in [0.5, 0.6) is 0 Å². The Balaban J connectivity index is 2.04. The molecule has 1 N–H and O–H groups in total. The third kappa shape index (κ3) is 2.13. The monoisotopic (exact) mass is 224 g/mol. The van der Waals surface area contributed by atoms with E-state index in [1.165, 1.54) is 0 Å². The number of aromatic nitrogens is 2. The molecule has 4 heteroatoms. The summed E-state index contributed by atoms with van der Waals surface area (Å²) in [6.45, 7) is 4.91. The maximum absolute atomic E-state index is 10.3. The van der Waals surface area contributed by atoms with E-state index >= 15 is 0 Å². The topological polar surface area (TPSA) is 47.3 Å². The number of rotatable bonds is 4. The lowest BCUT2D eigenvalue weighted by Gasteiger charge is -2.42. The lowest BCUT2D eigenvalue weighted by atomic mass is 9.74. The van der Waals surface area contributed by atoms with Crippen LogP contribution < -0.4 is 0 Å². The number of hydrogen-bond donors (Lipinski definition) is 1. The van der Waals surface area contributed by atoms with E-state index in [0.29, 0.717) is 6.42 Å². The van der Waals surface area contributed by atoms with Crippen molar-refractivity contribution in [3.63, 3.8) is 0 Å². The molecule has 0 amide bonds. The number of ether oxygens (including phenoxy) is 1. The van der Waals surface area contributed by atoms with Crippen molar-refractivity contribution in [1.29, 1.82) is 0 Å². The molecule has 0 bridgehead atoms. The fourth-order valence-corrected chi connectivity index (χ4v) is 2.45. The van der Waals surface area contributed by atoms with E-state index in [1.54, 1.807) is 7.11 Å². The zero-order valence-electron chi connectivity index (χ0n) is 10.2. The van der Waals surface area contributed by atoms with Gasteiger partial charge in [0, 0.05) is 38.6 Å². The quantitative estimate of drug-likeness (QED) is 0.838. The molecule has 0 aromatic carbocycles. The van der Waals surface area contributed by atoms with E-state index in [-0.39, 0.29) is 6.10 Å². The average molecular weight is 224 g/mol. The van der Waals surface area contributed by atoms with E-state index in [9.17, 15) is 5.11 Å². The SMILES string of the molecule is CCn1nc(C)cc1CC1(O)CC(OC)C1. The molecule has 0 atom stereocenters. The molecule has 0 unspecified atom stereocenters. The van der Waals surface area contributed by atoms with Gasteiger partial charge >= 0.3 is 0 Å². The van der Waals surface area contributed by atoms with Gasteiger partial charge in [-0.3, -0.25) is 4.68 Å². The molecule has 1 fully saturated rings. The van der Waals surface area contributed by atoms with Crippen molar-refractivity contribution < 1.29 is 9.84 Å². The Labute approximate surface area is 96.2 Å². The summed E-state index contributed by atoms with van der Waals surface area (Å²) in [6.07, 6.45) is 2.38. The van der Waals surface area contributed by atoms with Crippen LogP contribution in [0.25, 0.3) is 0 Å². The molecule has 1 aromatic rings. The molecule has 1 aliphatic rings. The van der Waals surface area contributed by atoms with E-state index in [2.05, 4.69) is 18.1 Å². The van der Waals surface area contributed by atoms with E-state index < -0.39 is 5.60 Å². The van der Waals surface area contributed by atoms with E-state index in [4.69, 9.17) is 4.74 Å². The first-order valence-corrected chi connectivity index (χ1v) is 5.85. The van der Waals surface area contributed by atoms with Gasteiger partial charge in [0.2, 0.25) is 0 Å². The molecule has 16 heavy (non-hydrogen) atoms. The van der Waals surface area contributed by atoms with Crippen molar-refractivity contribution in [3.8, 4) is 0 Å². The molecule has 1 aliphatic carbocycles. The highest BCUT2D eigenvalue weighted by molar-refractivity contribution is 5.14. The molecule has 0 saturated heterocycles. The van der Waals surface area contributed by atoms with Gasteiger partial charge in [-0.25, -0.2) is 0 Å². The zero-order valence-corrected chi connectivity index (χ0v) is 10.2. The second kappa shape index (κ2) is 4.18. The minimum Gasteiger partial charge on any atom is -0.389 e. The Morgan fingerprint density at radius 2 is 2.31 bits per heavy atom. The van der Waals surface area contributed by atoms with Crippen molar-refractivity contribution >= 4 is 0 Å². The summed E-state index contributed by atoms with van der Waals surface area (Å²) in [5, 5.41) is 14.7. The summed E-state index contributed by atoms with van der Waals surface area (Å²) in [7, 11) is 1.70. The van der Waals surface area contributed by atoms with Crippen molar-refractivity contribution in [2.75, 3.05) is 7.11 Å². The molecule has 90 valence electrons. The fourth-order valence-electron chi connectivity index (χ4n) is 2.45. The lowest BCUT2D eigenvalue weighted by Crippen LogP contribution is -2.49. The predicted octanol–water partition coefficient (Wildman–Crippen LogP) is 1.29. The molecule has 4 nitrogen and oxygen atoms in total. The minimum atomic E-state index is -0.583. The van der Waals surface area contributed by atoms with E-state index in [0.717, 1.165) is 30.8 Å². The largest absolute Gasteiger partial charge is 0.389 e. The molecular formula is C12H20N2O2. The predicted molar refractivity (Wildman–Crippen MR) is 61.3 cm³/mol. The maximum Gasteiger partial charge on any atom is 0.0752 e. The van der Waals surface area contributed by atoms with E-state index in [1.807, 2.05) is 11.6 Å². The van der Waals surface area contributed by atoms with Crippen molar-refractivity contribution in [1.82, 2.24) is 9.78 Å². The standard InChI is InChI=1S/C12H20N2O2/c1-4-14-10(5-9(2)13-14)6-12(15)7-11(8-12)16-3/h5,11,15H,4,6-8H2,1-3H3. The van der Waals surface area contributed by atoms with Crippen LogP contribution >= 0.6 is 0 Å². The summed E-state index contributed by atoms with van der Waals surface area (Å²) in [4.78, 5) is 0. The molecule has 0 spiro atoms. The molecular weight excluding hydrogens is 204 g/mol. The van der Waals surface area contributed by atoms with Gasteiger partial charge in [0.25, 0.3) is 0 Å². The normalized spacial score (nSPS) is 29.1. The van der Waals surface area contributed by atoms with Crippen LogP contribution in [0.2, 0.25) is 0 Å². The molecule has 0 aliphatic heterocycles. The molecule has 1 heterocycles. The van der Waals surface area contributed by atoms with Gasteiger partial charge in [-0.15, -0.1) is 0 Å². The Kier molecular flexibility index (Phi) is 3.04. The zero-order chi connectivity index (χ0) is 11.8. The lowest BCUT2D eigenvalue weighted by molar-refractivity contribution is -0.127. The highest BCUT2D eigenvalue weighted by atomic mass is 16.5. The van der Waals surface area contributed by atoms with Gasteiger partial charge in [-0.05, 0) is 19.9 Å². The first-order chi connectivity index (χ1) is 7.56. The number of methoxy groups -OCH3 is 1. The average Bonchev–Trinajstić information content (AvgIpc) is 2.54.